The van der Waals surface area contributed by atoms with Crippen LogP contribution in [0.25, 0.3) is 11.0 Å². The minimum absolute atomic E-state index is 0.0373. The maximum absolute atomic E-state index is 12.5. The molecule has 10 heteroatoms. The van der Waals surface area contributed by atoms with Gasteiger partial charge in [-0.2, -0.15) is 0 Å². The quantitative estimate of drug-likeness (QED) is 0.425. The summed E-state index contributed by atoms with van der Waals surface area (Å²) in [6, 6.07) is 10.2. The van der Waals surface area contributed by atoms with Gasteiger partial charge in [0.2, 0.25) is 10.0 Å². The van der Waals surface area contributed by atoms with Crippen molar-refractivity contribution in [1.82, 2.24) is 4.72 Å². The van der Waals surface area contributed by atoms with Crippen molar-refractivity contribution >= 4 is 42.9 Å². The third-order valence-electron chi connectivity index (χ3n) is 4.13. The van der Waals surface area contributed by atoms with E-state index in [-0.39, 0.29) is 17.1 Å². The lowest BCUT2D eigenvalue weighted by Crippen LogP contribution is -2.19. The number of nitrogens with one attached hydrogen (secondary N) is 1. The van der Waals surface area contributed by atoms with Gasteiger partial charge < -0.3 is 13.9 Å². The van der Waals surface area contributed by atoms with Gasteiger partial charge in [0.25, 0.3) is 0 Å². The van der Waals surface area contributed by atoms with Crippen LogP contribution in [-0.4, -0.2) is 28.5 Å². The van der Waals surface area contributed by atoms with Crippen molar-refractivity contribution in [1.29, 1.82) is 0 Å². The molecule has 0 unspecified atom stereocenters. The predicted octanol–water partition coefficient (Wildman–Crippen LogP) is 2.83. The highest BCUT2D eigenvalue weighted by Crippen LogP contribution is 2.25. The second-order valence-electron chi connectivity index (χ2n) is 5.88. The number of sulfonamides is 1. The van der Waals surface area contributed by atoms with Gasteiger partial charge in [0.15, 0.2) is 0 Å². The number of carbonyl (C=O) groups excluding carboxylic acids is 1. The fourth-order valence-electron chi connectivity index (χ4n) is 2.62. The van der Waals surface area contributed by atoms with Crippen molar-refractivity contribution in [2.24, 2.45) is 0 Å². The molecule has 0 aliphatic rings. The van der Waals surface area contributed by atoms with Gasteiger partial charge in [-0.1, -0.05) is 0 Å². The molecule has 0 aliphatic carbocycles. The summed E-state index contributed by atoms with van der Waals surface area (Å²) in [5.74, 6) is -0.235. The Morgan fingerprint density at radius 2 is 1.93 bits per heavy atom. The summed E-state index contributed by atoms with van der Waals surface area (Å²) in [6.45, 7) is -0.206. The van der Waals surface area contributed by atoms with E-state index < -0.39 is 21.6 Å². The average molecular weight is 482 g/mol. The zero-order chi connectivity index (χ0) is 21.2. The Morgan fingerprint density at radius 1 is 1.17 bits per heavy atom. The summed E-state index contributed by atoms with van der Waals surface area (Å²) >= 11 is 3.22. The fourth-order valence-corrected chi connectivity index (χ4v) is 3.79. The summed E-state index contributed by atoms with van der Waals surface area (Å²) in [5, 5.41) is 0.587. The Hall–Kier alpha value is -2.69. The third-order valence-corrected chi connectivity index (χ3v) is 6.24. The monoisotopic (exact) mass is 481 g/mol. The smallest absolute Gasteiger partial charge is 0.339 e. The van der Waals surface area contributed by atoms with E-state index in [9.17, 15) is 18.0 Å². The second kappa shape index (κ2) is 8.36. The van der Waals surface area contributed by atoms with Crippen molar-refractivity contribution in [3.8, 4) is 5.75 Å². The van der Waals surface area contributed by atoms with E-state index in [0.29, 0.717) is 26.8 Å². The predicted molar refractivity (Wildman–Crippen MR) is 109 cm³/mol. The SMILES string of the molecule is CNS(=O)(=O)c1ccc(Br)c(C(=O)OCc2cc(=O)oc3cc(OC)ccc23)c1. The van der Waals surface area contributed by atoms with Crippen molar-refractivity contribution < 1.29 is 27.1 Å². The molecule has 0 amide bonds. The molecule has 152 valence electrons. The molecule has 0 saturated heterocycles. The molecule has 1 N–H and O–H groups in total. The second-order valence-corrected chi connectivity index (χ2v) is 8.62. The van der Waals surface area contributed by atoms with Crippen LogP contribution in [0.15, 0.2) is 61.0 Å². The van der Waals surface area contributed by atoms with Gasteiger partial charge in [-0.25, -0.2) is 22.7 Å². The minimum atomic E-state index is -3.72. The van der Waals surface area contributed by atoms with E-state index in [2.05, 4.69) is 20.7 Å². The van der Waals surface area contributed by atoms with Crippen LogP contribution in [0.4, 0.5) is 0 Å². The Kier molecular flexibility index (Phi) is 6.06. The number of benzene rings is 2. The van der Waals surface area contributed by atoms with Crippen LogP contribution in [0.1, 0.15) is 15.9 Å². The molecule has 0 radical (unpaired) electrons. The maximum Gasteiger partial charge on any atom is 0.339 e. The highest BCUT2D eigenvalue weighted by Gasteiger charge is 2.19. The Labute approximate surface area is 174 Å². The van der Waals surface area contributed by atoms with Crippen LogP contribution >= 0.6 is 15.9 Å². The standard InChI is InChI=1S/C19H16BrNO7S/c1-21-29(24,25)13-4-6-16(20)15(9-13)19(23)27-10-11-7-18(22)28-17-8-12(26-2)3-5-14(11)17/h3-9,21H,10H2,1-2H3. The van der Waals surface area contributed by atoms with Crippen molar-refractivity contribution in [3.63, 3.8) is 0 Å². The minimum Gasteiger partial charge on any atom is -0.497 e. The lowest BCUT2D eigenvalue weighted by atomic mass is 10.1. The number of carbonyl (C=O) groups is 1. The maximum atomic E-state index is 12.5. The van der Waals surface area contributed by atoms with Crippen LogP contribution in [0.5, 0.6) is 5.75 Å². The molecule has 0 saturated carbocycles. The summed E-state index contributed by atoms with van der Waals surface area (Å²) in [7, 11) is -0.958. The number of fused-ring (bicyclic) bond motifs is 1. The first kappa shape index (κ1) is 21.0. The van der Waals surface area contributed by atoms with Crippen LogP contribution in [0, 0.1) is 0 Å². The Balaban J connectivity index is 1.90. The molecule has 0 bridgehead atoms. The molecule has 0 fully saturated rings. The highest BCUT2D eigenvalue weighted by molar-refractivity contribution is 9.10. The topological polar surface area (TPSA) is 112 Å². The molecule has 0 spiro atoms. The Bertz CT molecular complexity index is 1250. The van der Waals surface area contributed by atoms with Gasteiger partial charge in [0.05, 0.1) is 17.6 Å². The molecule has 8 nitrogen and oxygen atoms in total. The van der Waals surface area contributed by atoms with Crippen LogP contribution < -0.4 is 15.1 Å². The normalized spacial score (nSPS) is 11.4. The van der Waals surface area contributed by atoms with Gasteiger partial charge >= 0.3 is 11.6 Å². The van der Waals surface area contributed by atoms with Gasteiger partial charge in [0.1, 0.15) is 17.9 Å². The summed E-state index contributed by atoms with van der Waals surface area (Å²) < 4.78 is 42.1. The van der Waals surface area contributed by atoms with E-state index in [1.165, 1.54) is 38.4 Å². The largest absolute Gasteiger partial charge is 0.497 e. The van der Waals surface area contributed by atoms with E-state index in [1.54, 1.807) is 18.2 Å². The number of halogens is 1. The van der Waals surface area contributed by atoms with Crippen LogP contribution in [0.2, 0.25) is 0 Å². The first-order valence-electron chi connectivity index (χ1n) is 8.26. The average Bonchev–Trinajstić information content (AvgIpc) is 2.71. The molecule has 0 aliphatic heterocycles. The fraction of sp³-hybridized carbons (Fsp3) is 0.158. The van der Waals surface area contributed by atoms with Gasteiger partial charge in [0, 0.05) is 27.6 Å². The lowest BCUT2D eigenvalue weighted by molar-refractivity contribution is 0.0472. The van der Waals surface area contributed by atoms with E-state index in [0.717, 1.165) is 0 Å². The van der Waals surface area contributed by atoms with Gasteiger partial charge in [-0.05, 0) is 53.3 Å². The summed E-state index contributed by atoms with van der Waals surface area (Å²) in [4.78, 5) is 24.3. The third kappa shape index (κ3) is 4.50. The lowest BCUT2D eigenvalue weighted by Gasteiger charge is -2.10. The first-order valence-corrected chi connectivity index (χ1v) is 10.5. The molecule has 3 rings (SSSR count). The number of hydrogen-bond acceptors (Lipinski definition) is 7. The van der Waals surface area contributed by atoms with E-state index in [1.807, 2.05) is 0 Å². The van der Waals surface area contributed by atoms with Gasteiger partial charge in [-0.3, -0.25) is 0 Å². The Morgan fingerprint density at radius 3 is 2.62 bits per heavy atom. The molecule has 29 heavy (non-hydrogen) atoms. The molecule has 1 heterocycles. The molecule has 3 aromatic rings. The van der Waals surface area contributed by atoms with Crippen LogP contribution in [-0.2, 0) is 21.4 Å². The molecule has 1 aromatic heterocycles. The first-order chi connectivity index (χ1) is 13.7. The molecular formula is C19H16BrNO7S. The molecule has 2 aromatic carbocycles. The van der Waals surface area contributed by atoms with E-state index in [4.69, 9.17) is 13.9 Å². The number of ether oxygens (including phenoxy) is 2. The zero-order valence-corrected chi connectivity index (χ0v) is 17.8. The van der Waals surface area contributed by atoms with Gasteiger partial charge in [-0.15, -0.1) is 0 Å². The van der Waals surface area contributed by atoms with Crippen molar-refractivity contribution in [2.45, 2.75) is 11.5 Å². The summed E-state index contributed by atoms with van der Waals surface area (Å²) in [6.07, 6.45) is 0. The number of methoxy groups -OCH3 is 1. The number of rotatable bonds is 6. The zero-order valence-electron chi connectivity index (χ0n) is 15.4. The van der Waals surface area contributed by atoms with Crippen molar-refractivity contribution in [2.75, 3.05) is 14.2 Å². The number of esters is 1. The number of hydrogen-bond donors (Lipinski definition) is 1. The van der Waals surface area contributed by atoms with Crippen LogP contribution in [0.3, 0.4) is 0 Å². The molecular weight excluding hydrogens is 466 g/mol. The van der Waals surface area contributed by atoms with E-state index >= 15 is 0 Å². The summed E-state index contributed by atoms with van der Waals surface area (Å²) in [5.41, 5.74) is 0.184. The van der Waals surface area contributed by atoms with Crippen molar-refractivity contribution in [3.05, 3.63) is 68.5 Å². The highest BCUT2D eigenvalue weighted by atomic mass is 79.9. The molecule has 0 atom stereocenters.